The lowest BCUT2D eigenvalue weighted by Gasteiger charge is -2.31. The van der Waals surface area contributed by atoms with Gasteiger partial charge >= 0.3 is 0 Å². The van der Waals surface area contributed by atoms with Crippen molar-refractivity contribution in [3.05, 3.63) is 22.9 Å². The molecule has 3 rings (SSSR count). The van der Waals surface area contributed by atoms with Crippen molar-refractivity contribution >= 4 is 34.7 Å². The minimum absolute atomic E-state index is 0.0290. The number of Topliss-reactive ketones (excluding diaryl/α,β-unsaturated/α-hetero) is 1. The fraction of sp³-hybridized carbons (Fsp3) is 0.467. The summed E-state index contributed by atoms with van der Waals surface area (Å²) < 4.78 is 0. The maximum Gasteiger partial charge on any atom is 0.225 e. The Labute approximate surface area is 132 Å². The maximum absolute atomic E-state index is 11.7. The van der Waals surface area contributed by atoms with E-state index in [0.29, 0.717) is 16.5 Å². The zero-order valence-corrected chi connectivity index (χ0v) is 12.9. The quantitative estimate of drug-likeness (QED) is 0.663. The van der Waals surface area contributed by atoms with Crippen LogP contribution < -0.4 is 4.90 Å². The second kappa shape index (κ2) is 6.58. The van der Waals surface area contributed by atoms with Gasteiger partial charge in [-0.25, -0.2) is 9.97 Å². The largest absolute Gasteiger partial charge is 0.396 e. The van der Waals surface area contributed by atoms with Crippen LogP contribution in [0.25, 0.3) is 6.08 Å². The first-order valence-corrected chi connectivity index (χ1v) is 8.12. The molecule has 3 heterocycles. The number of carbonyl (C=O) groups is 2. The second-order valence-electron chi connectivity index (χ2n) is 5.50. The van der Waals surface area contributed by atoms with Crippen molar-refractivity contribution in [2.45, 2.75) is 19.3 Å². The first-order chi connectivity index (χ1) is 10.7. The zero-order valence-electron chi connectivity index (χ0n) is 12.1. The summed E-state index contributed by atoms with van der Waals surface area (Å²) in [5.74, 6) is 0.715. The van der Waals surface area contributed by atoms with Crippen LogP contribution in [0, 0.1) is 5.92 Å². The number of thioether (sulfide) groups is 1. The van der Waals surface area contributed by atoms with Gasteiger partial charge in [0, 0.05) is 25.9 Å². The lowest BCUT2D eigenvalue weighted by molar-refractivity contribution is -0.119. The van der Waals surface area contributed by atoms with Gasteiger partial charge in [-0.05, 0) is 42.7 Å². The summed E-state index contributed by atoms with van der Waals surface area (Å²) in [7, 11) is 0. The van der Waals surface area contributed by atoms with E-state index in [4.69, 9.17) is 0 Å². The van der Waals surface area contributed by atoms with Gasteiger partial charge in [0.05, 0.1) is 17.0 Å². The van der Waals surface area contributed by atoms with Gasteiger partial charge in [-0.15, -0.1) is 0 Å². The zero-order chi connectivity index (χ0) is 15.5. The normalized spacial score (nSPS) is 24.3. The van der Waals surface area contributed by atoms with E-state index in [0.717, 1.165) is 37.7 Å². The fourth-order valence-electron chi connectivity index (χ4n) is 2.67. The van der Waals surface area contributed by atoms with Crippen LogP contribution >= 0.6 is 11.8 Å². The third-order valence-electron chi connectivity index (χ3n) is 3.81. The third kappa shape index (κ3) is 3.36. The van der Waals surface area contributed by atoms with Crippen LogP contribution in [0.4, 0.5) is 5.95 Å². The second-order valence-corrected chi connectivity index (χ2v) is 6.60. The van der Waals surface area contributed by atoms with Gasteiger partial charge in [-0.3, -0.25) is 9.59 Å². The molecule has 1 unspecified atom stereocenters. The van der Waals surface area contributed by atoms with Crippen LogP contribution in [-0.4, -0.2) is 45.7 Å². The van der Waals surface area contributed by atoms with Gasteiger partial charge in [0.15, 0.2) is 5.78 Å². The molecule has 1 aromatic heterocycles. The lowest BCUT2D eigenvalue weighted by atomic mass is 9.99. The van der Waals surface area contributed by atoms with Crippen molar-refractivity contribution in [2.24, 2.45) is 5.92 Å². The minimum atomic E-state index is -0.145. The molecule has 1 N–H and O–H groups in total. The fourth-order valence-corrected chi connectivity index (χ4v) is 3.48. The highest BCUT2D eigenvalue weighted by Gasteiger charge is 2.26. The molecule has 2 fully saturated rings. The van der Waals surface area contributed by atoms with E-state index in [1.165, 1.54) is 0 Å². The molecule has 0 bridgehead atoms. The van der Waals surface area contributed by atoms with E-state index in [2.05, 4.69) is 14.9 Å². The number of carbonyl (C=O) groups excluding carboxylic acids is 2. The van der Waals surface area contributed by atoms with E-state index in [1.807, 2.05) is 0 Å². The standard InChI is InChI=1S/C15H17N3O3S/c19-9-10-2-1-5-18(8-10)15-16-4-3-11(17-15)6-13-12(20)7-14(21)22-13/h3-4,6,10,19H,1-2,5,7-9H2/b13-6-. The third-order valence-corrected chi connectivity index (χ3v) is 4.74. The molecular formula is C15H17N3O3S. The molecule has 2 aliphatic rings. The molecule has 2 aliphatic heterocycles. The number of allylic oxidation sites excluding steroid dienone is 1. The smallest absolute Gasteiger partial charge is 0.225 e. The molecule has 1 atom stereocenters. The molecule has 0 radical (unpaired) electrons. The van der Waals surface area contributed by atoms with Gasteiger partial charge in [0.1, 0.15) is 0 Å². The molecule has 0 aromatic carbocycles. The Kier molecular flexibility index (Phi) is 4.54. The Morgan fingerprint density at radius 2 is 2.32 bits per heavy atom. The van der Waals surface area contributed by atoms with Crippen LogP contribution in [0.5, 0.6) is 0 Å². The molecule has 0 saturated carbocycles. The summed E-state index contributed by atoms with van der Waals surface area (Å²) >= 11 is 0.980. The molecule has 1 aromatic rings. The molecule has 0 spiro atoms. The molecule has 6 nitrogen and oxygen atoms in total. The van der Waals surface area contributed by atoms with Crippen LogP contribution in [0.3, 0.4) is 0 Å². The number of ketones is 1. The van der Waals surface area contributed by atoms with E-state index >= 15 is 0 Å². The van der Waals surface area contributed by atoms with Crippen molar-refractivity contribution < 1.29 is 14.7 Å². The number of nitrogens with zero attached hydrogens (tertiary/aromatic N) is 3. The number of piperidine rings is 1. The number of aromatic nitrogens is 2. The highest BCUT2D eigenvalue weighted by molar-refractivity contribution is 8.18. The molecular weight excluding hydrogens is 302 g/mol. The van der Waals surface area contributed by atoms with Crippen molar-refractivity contribution in [1.29, 1.82) is 0 Å². The number of hydrogen-bond donors (Lipinski definition) is 1. The predicted octanol–water partition coefficient (Wildman–Crippen LogP) is 1.26. The van der Waals surface area contributed by atoms with Crippen molar-refractivity contribution in [1.82, 2.24) is 9.97 Å². The Morgan fingerprint density at radius 1 is 1.45 bits per heavy atom. The molecule has 22 heavy (non-hydrogen) atoms. The maximum atomic E-state index is 11.7. The number of anilines is 1. The molecule has 116 valence electrons. The summed E-state index contributed by atoms with van der Waals surface area (Å²) in [5.41, 5.74) is 0.627. The van der Waals surface area contributed by atoms with Crippen LogP contribution in [0.15, 0.2) is 17.2 Å². The van der Waals surface area contributed by atoms with E-state index in [-0.39, 0.29) is 29.8 Å². The monoisotopic (exact) mass is 319 g/mol. The average molecular weight is 319 g/mol. The number of hydrogen-bond acceptors (Lipinski definition) is 7. The molecule has 0 amide bonds. The van der Waals surface area contributed by atoms with Crippen molar-refractivity contribution in [2.75, 3.05) is 24.6 Å². The van der Waals surface area contributed by atoms with Crippen molar-refractivity contribution in [3.63, 3.8) is 0 Å². The lowest BCUT2D eigenvalue weighted by Crippen LogP contribution is -2.37. The molecule has 2 saturated heterocycles. The minimum Gasteiger partial charge on any atom is -0.396 e. The van der Waals surface area contributed by atoms with Crippen LogP contribution in [-0.2, 0) is 9.59 Å². The number of rotatable bonds is 3. The molecule has 0 aliphatic carbocycles. The Balaban J connectivity index is 1.79. The van der Waals surface area contributed by atoms with Crippen LogP contribution in [0.1, 0.15) is 25.0 Å². The summed E-state index contributed by atoms with van der Waals surface area (Å²) in [6.07, 6.45) is 5.30. The Hall–Kier alpha value is -1.73. The van der Waals surface area contributed by atoms with E-state index in [9.17, 15) is 14.7 Å². The van der Waals surface area contributed by atoms with Gasteiger partial charge in [-0.2, -0.15) is 0 Å². The summed E-state index contributed by atoms with van der Waals surface area (Å²) in [4.78, 5) is 34.2. The number of aliphatic hydroxyl groups excluding tert-OH is 1. The van der Waals surface area contributed by atoms with Crippen LogP contribution in [0.2, 0.25) is 0 Å². The van der Waals surface area contributed by atoms with Crippen molar-refractivity contribution in [3.8, 4) is 0 Å². The van der Waals surface area contributed by atoms with Gasteiger partial charge in [-0.1, -0.05) is 0 Å². The highest BCUT2D eigenvalue weighted by Crippen LogP contribution is 2.30. The highest BCUT2D eigenvalue weighted by atomic mass is 32.2. The average Bonchev–Trinajstić information content (AvgIpc) is 2.85. The molecule has 7 heteroatoms. The predicted molar refractivity (Wildman–Crippen MR) is 84.3 cm³/mol. The van der Waals surface area contributed by atoms with E-state index in [1.54, 1.807) is 18.3 Å². The summed E-state index contributed by atoms with van der Waals surface area (Å²) in [6.45, 7) is 1.78. The SMILES string of the molecule is O=C1CC(=O)/C(=C/c2ccnc(N3CCCC(CO)C3)n2)S1. The summed E-state index contributed by atoms with van der Waals surface area (Å²) in [6, 6.07) is 1.72. The first-order valence-electron chi connectivity index (χ1n) is 7.30. The first kappa shape index (κ1) is 15.2. The Bertz CT molecular complexity index is 632. The van der Waals surface area contributed by atoms with Gasteiger partial charge < -0.3 is 10.0 Å². The number of aliphatic hydroxyl groups is 1. The topological polar surface area (TPSA) is 83.4 Å². The Morgan fingerprint density at radius 3 is 3.05 bits per heavy atom. The van der Waals surface area contributed by atoms with E-state index < -0.39 is 0 Å². The van der Waals surface area contributed by atoms with Gasteiger partial charge in [0.2, 0.25) is 11.1 Å². The summed E-state index contributed by atoms with van der Waals surface area (Å²) in [5, 5.41) is 9.19. The van der Waals surface area contributed by atoms with Gasteiger partial charge in [0.25, 0.3) is 0 Å².